The summed E-state index contributed by atoms with van der Waals surface area (Å²) in [6, 6.07) is 0. The van der Waals surface area contributed by atoms with E-state index >= 15 is 0 Å². The fourth-order valence-electron chi connectivity index (χ4n) is 0. The van der Waals surface area contributed by atoms with Crippen molar-refractivity contribution in [3.05, 3.63) is 5.53 Å². The SMILES string of the molecule is [Ba+2].[N-]=NC(=O)[O-]. The molecular formula is CBaN2O2. The fourth-order valence-corrected chi connectivity index (χ4v) is 0. The van der Waals surface area contributed by atoms with Crippen molar-refractivity contribution >= 4 is 55.0 Å². The van der Waals surface area contributed by atoms with Crippen LogP contribution in [-0.2, 0) is 0 Å². The van der Waals surface area contributed by atoms with E-state index in [9.17, 15) is 0 Å². The van der Waals surface area contributed by atoms with Crippen LogP contribution in [0, 0.1) is 0 Å². The van der Waals surface area contributed by atoms with Gasteiger partial charge in [0, 0.05) is 0 Å². The molecule has 0 radical (unpaired) electrons. The first-order valence-corrected chi connectivity index (χ1v) is 0.832. The molecule has 0 aliphatic carbocycles. The van der Waals surface area contributed by atoms with Gasteiger partial charge in [0.15, 0.2) is 0 Å². The number of nitrogens with zero attached hydrogens (tertiary/aromatic N) is 2. The Morgan fingerprint density at radius 2 is 2.00 bits per heavy atom. The molecule has 0 unspecified atom stereocenters. The smallest absolute Gasteiger partial charge is 0.705 e. The van der Waals surface area contributed by atoms with E-state index in [-0.39, 0.29) is 48.9 Å². The van der Waals surface area contributed by atoms with Gasteiger partial charge in [-0.15, -0.1) is 0 Å². The Morgan fingerprint density at radius 3 is 2.00 bits per heavy atom. The van der Waals surface area contributed by atoms with Crippen molar-refractivity contribution in [2.45, 2.75) is 0 Å². The van der Waals surface area contributed by atoms with Crippen molar-refractivity contribution < 1.29 is 9.90 Å². The van der Waals surface area contributed by atoms with Gasteiger partial charge in [-0.3, -0.25) is 0 Å². The average Bonchev–Trinajstić information content (AvgIpc) is 1.38. The maximum absolute atomic E-state index is 8.84. The van der Waals surface area contributed by atoms with E-state index in [1.807, 2.05) is 0 Å². The van der Waals surface area contributed by atoms with Gasteiger partial charge in [0.2, 0.25) is 0 Å². The van der Waals surface area contributed by atoms with Crippen molar-refractivity contribution in [3.8, 4) is 0 Å². The largest absolute Gasteiger partial charge is 2.00 e. The molecule has 0 aromatic carbocycles. The topological polar surface area (TPSA) is 74.8 Å². The average molecular weight is 209 g/mol. The summed E-state index contributed by atoms with van der Waals surface area (Å²) in [5, 5.41) is 10.5. The number of hydrogen-bond acceptors (Lipinski definition) is 2. The van der Waals surface area contributed by atoms with Gasteiger partial charge in [0.25, 0.3) is 0 Å². The van der Waals surface area contributed by atoms with E-state index in [2.05, 4.69) is 0 Å². The molecule has 0 aliphatic heterocycles. The Kier molecular flexibility index (Phi) is 9.23. The van der Waals surface area contributed by atoms with E-state index in [0.717, 1.165) is 0 Å². The molecule has 0 spiro atoms. The predicted molar refractivity (Wildman–Crippen MR) is 16.9 cm³/mol. The monoisotopic (exact) mass is 210 g/mol. The second-order valence-corrected chi connectivity index (χ2v) is 0.366. The van der Waals surface area contributed by atoms with E-state index in [1.165, 1.54) is 0 Å². The number of rotatable bonds is 0. The molecule has 6 heavy (non-hydrogen) atoms. The van der Waals surface area contributed by atoms with Crippen molar-refractivity contribution in [1.82, 2.24) is 0 Å². The summed E-state index contributed by atoms with van der Waals surface area (Å²) in [4.78, 5) is 8.84. The van der Waals surface area contributed by atoms with Crippen LogP contribution < -0.4 is 5.11 Å². The summed E-state index contributed by atoms with van der Waals surface area (Å²) in [6.45, 7) is 0. The normalized spacial score (nSPS) is 5.33. The second kappa shape index (κ2) is 5.64. The zero-order valence-electron chi connectivity index (χ0n) is 2.92. The van der Waals surface area contributed by atoms with Crippen molar-refractivity contribution in [3.63, 3.8) is 0 Å². The molecule has 0 fully saturated rings. The Labute approximate surface area is 74.5 Å². The number of amides is 1. The van der Waals surface area contributed by atoms with Crippen LogP contribution >= 0.6 is 0 Å². The first kappa shape index (κ1) is 9.81. The van der Waals surface area contributed by atoms with E-state index in [4.69, 9.17) is 15.4 Å². The van der Waals surface area contributed by atoms with Gasteiger partial charge in [-0.05, 0) is 0 Å². The predicted octanol–water partition coefficient (Wildman–Crippen LogP) is -1.03. The fraction of sp³-hybridized carbons (Fsp3) is 0. The number of carbonyl (C=O) groups is 1. The van der Waals surface area contributed by atoms with Crippen LogP contribution in [0.15, 0.2) is 5.11 Å². The van der Waals surface area contributed by atoms with Gasteiger partial charge in [0.1, 0.15) is 6.09 Å². The minimum absolute atomic E-state index is 0. The number of hydrogen-bond donors (Lipinski definition) is 0. The first-order chi connectivity index (χ1) is 2.27. The summed E-state index contributed by atoms with van der Waals surface area (Å²) in [5.74, 6) is 0. The molecule has 0 saturated heterocycles. The third-order valence-corrected chi connectivity index (χ3v) is 0.0816. The summed E-state index contributed by atoms with van der Waals surface area (Å²) in [5.41, 5.74) is 7.11. The van der Waals surface area contributed by atoms with Crippen LogP contribution in [0.3, 0.4) is 0 Å². The van der Waals surface area contributed by atoms with Gasteiger partial charge in [-0.2, -0.15) is 0 Å². The van der Waals surface area contributed by atoms with E-state index in [1.54, 1.807) is 5.11 Å². The summed E-state index contributed by atoms with van der Waals surface area (Å²) < 4.78 is 0. The van der Waals surface area contributed by atoms with Crippen LogP contribution in [0.1, 0.15) is 0 Å². The van der Waals surface area contributed by atoms with E-state index in [0.29, 0.717) is 0 Å². The minimum atomic E-state index is -1.81. The van der Waals surface area contributed by atoms with Crippen molar-refractivity contribution in [2.75, 3.05) is 0 Å². The third kappa shape index (κ3) is 8.82. The van der Waals surface area contributed by atoms with Gasteiger partial charge < -0.3 is 20.5 Å². The Bertz CT molecular complexity index is 62.6. The van der Waals surface area contributed by atoms with Gasteiger partial charge in [-0.1, -0.05) is 0 Å². The molecule has 0 aromatic rings. The molecular weight excluding hydrogens is 209 g/mol. The summed E-state index contributed by atoms with van der Waals surface area (Å²) in [6.07, 6.45) is -1.81. The molecule has 0 rings (SSSR count). The quantitative estimate of drug-likeness (QED) is 0.378. The number of carboxylic acid groups (broad SMARTS) is 1. The summed E-state index contributed by atoms with van der Waals surface area (Å²) >= 11 is 0. The first-order valence-electron chi connectivity index (χ1n) is 0.832. The Balaban J connectivity index is 0. The maximum atomic E-state index is 8.84. The number of carbonyl (C=O) groups excluding carboxylic acids is 1. The molecule has 0 aliphatic rings. The van der Waals surface area contributed by atoms with Crippen LogP contribution in [0.25, 0.3) is 5.53 Å². The van der Waals surface area contributed by atoms with Crippen LogP contribution in [-0.4, -0.2) is 55.0 Å². The van der Waals surface area contributed by atoms with Gasteiger partial charge >= 0.3 is 48.9 Å². The van der Waals surface area contributed by atoms with Gasteiger partial charge in [0.05, 0.1) is 0 Å². The zero-order valence-corrected chi connectivity index (χ0v) is 7.36. The standard InChI is InChI=1S/CHN2O2.Ba/c2-3-1(4)5;/h(H,4,5);/q-1;+2/p-1. The zero-order chi connectivity index (χ0) is 4.28. The van der Waals surface area contributed by atoms with Crippen LogP contribution in [0.5, 0.6) is 0 Å². The molecule has 0 atom stereocenters. The van der Waals surface area contributed by atoms with Crippen LogP contribution in [0.4, 0.5) is 4.79 Å². The molecule has 0 heterocycles. The third-order valence-electron chi connectivity index (χ3n) is 0.0816. The second-order valence-electron chi connectivity index (χ2n) is 0.366. The Hall–Kier alpha value is 0.641. The van der Waals surface area contributed by atoms with Crippen molar-refractivity contribution in [2.24, 2.45) is 5.11 Å². The van der Waals surface area contributed by atoms with Gasteiger partial charge in [-0.25, -0.2) is 0 Å². The molecule has 0 N–H and O–H groups in total. The molecule has 0 aromatic heterocycles. The molecule has 5 heteroatoms. The molecule has 28 valence electrons. The van der Waals surface area contributed by atoms with Crippen LogP contribution in [0.2, 0.25) is 0 Å². The summed E-state index contributed by atoms with van der Waals surface area (Å²) in [7, 11) is 0. The maximum Gasteiger partial charge on any atom is 2.00 e. The minimum Gasteiger partial charge on any atom is -0.705 e. The Morgan fingerprint density at radius 1 is 1.83 bits per heavy atom. The van der Waals surface area contributed by atoms with Crippen molar-refractivity contribution in [1.29, 1.82) is 0 Å². The molecule has 0 saturated carbocycles. The van der Waals surface area contributed by atoms with E-state index < -0.39 is 6.09 Å². The molecule has 1 amide bonds. The molecule has 4 nitrogen and oxygen atoms in total. The molecule has 0 bridgehead atoms.